The summed E-state index contributed by atoms with van der Waals surface area (Å²) in [6.45, 7) is 0.126. The Labute approximate surface area is 198 Å². The molecule has 0 fully saturated rings. The van der Waals surface area contributed by atoms with E-state index in [0.29, 0.717) is 5.52 Å². The molecule has 1 amide bonds. The second-order valence-corrected chi connectivity index (χ2v) is 8.12. The molecule has 0 bridgehead atoms. The van der Waals surface area contributed by atoms with Crippen molar-refractivity contribution in [2.45, 2.75) is 13.2 Å². The molecule has 5 nitrogen and oxygen atoms in total. The molecule has 34 heavy (non-hydrogen) atoms. The Morgan fingerprint density at radius 3 is 2.56 bits per heavy atom. The molecule has 0 saturated carbocycles. The molecule has 5 rings (SSSR count). The fourth-order valence-corrected chi connectivity index (χ4v) is 4.10. The summed E-state index contributed by atoms with van der Waals surface area (Å²) in [6, 6.07) is 20.8. The van der Waals surface area contributed by atoms with Crippen molar-refractivity contribution in [2.24, 2.45) is 0 Å². The van der Waals surface area contributed by atoms with Crippen LogP contribution in [0, 0.1) is 11.6 Å². The van der Waals surface area contributed by atoms with Crippen LogP contribution in [0.5, 0.6) is 0 Å². The Morgan fingerprint density at radius 1 is 0.971 bits per heavy atom. The molecule has 3 aromatic carbocycles. The van der Waals surface area contributed by atoms with Crippen LogP contribution in [0.4, 0.5) is 8.78 Å². The largest absolute Gasteiger partial charge is 0.334 e. The molecule has 1 N–H and O–H groups in total. The number of halogens is 3. The van der Waals surface area contributed by atoms with Crippen LogP contribution in [0.1, 0.15) is 21.6 Å². The lowest BCUT2D eigenvalue weighted by Gasteiger charge is -2.11. The third-order valence-electron chi connectivity index (χ3n) is 5.59. The number of carbonyl (C=O) groups is 1. The molecule has 170 valence electrons. The zero-order valence-electron chi connectivity index (χ0n) is 17.8. The number of nitrogens with zero attached hydrogens (tertiary/aromatic N) is 2. The van der Waals surface area contributed by atoms with E-state index in [2.05, 4.69) is 10.5 Å². The fourth-order valence-electron chi connectivity index (χ4n) is 3.92. The normalized spacial score (nSPS) is 11.3. The minimum absolute atomic E-state index is 0.0876. The lowest BCUT2D eigenvalue weighted by molar-refractivity contribution is 0.0229. The highest BCUT2D eigenvalue weighted by Crippen LogP contribution is 2.31. The quantitative estimate of drug-likeness (QED) is 0.240. The highest BCUT2D eigenvalue weighted by atomic mass is 35.5. The zero-order valence-corrected chi connectivity index (χ0v) is 18.5. The Morgan fingerprint density at radius 2 is 1.74 bits per heavy atom. The van der Waals surface area contributed by atoms with Gasteiger partial charge in [-0.1, -0.05) is 60.1 Å². The van der Waals surface area contributed by atoms with Gasteiger partial charge in [-0.3, -0.25) is 9.63 Å². The molecule has 0 atom stereocenters. The molecule has 0 aliphatic heterocycles. The number of benzene rings is 3. The van der Waals surface area contributed by atoms with Crippen molar-refractivity contribution in [3.05, 3.63) is 112 Å². The first-order valence-electron chi connectivity index (χ1n) is 10.5. The molecule has 5 aromatic rings. The van der Waals surface area contributed by atoms with E-state index in [1.54, 1.807) is 10.6 Å². The molecule has 8 heteroatoms. The Kier molecular flexibility index (Phi) is 5.96. The van der Waals surface area contributed by atoms with Gasteiger partial charge in [-0.05, 0) is 29.8 Å². The highest BCUT2D eigenvalue weighted by molar-refractivity contribution is 6.30. The number of aromatic nitrogens is 2. The Bertz CT molecular complexity index is 1520. The van der Waals surface area contributed by atoms with Gasteiger partial charge in [-0.2, -0.15) is 0 Å². The van der Waals surface area contributed by atoms with Crippen LogP contribution >= 0.6 is 11.6 Å². The van der Waals surface area contributed by atoms with Crippen molar-refractivity contribution >= 4 is 39.3 Å². The van der Waals surface area contributed by atoms with Crippen molar-refractivity contribution in [3.63, 3.8) is 0 Å². The average Bonchev–Trinajstić information content (AvgIpc) is 3.17. The number of nitrogens with one attached hydrogen (secondary N) is 1. The highest BCUT2D eigenvalue weighted by Gasteiger charge is 2.19. The van der Waals surface area contributed by atoms with E-state index < -0.39 is 17.5 Å². The standard InChI is InChI=1S/C26H18ClF2N3O2/c27-20-10-11-21(28)19(25(20)29)14-32-23-9-5-4-8-17(23)18-12-22(30-13-24(18)32)26(33)31-34-15-16-6-2-1-3-7-16/h1-13H,14-15H2,(H,31,33). The van der Waals surface area contributed by atoms with Gasteiger partial charge in [0.2, 0.25) is 0 Å². The molecule has 0 spiro atoms. The maximum absolute atomic E-state index is 14.6. The molecule has 0 aliphatic carbocycles. The third-order valence-corrected chi connectivity index (χ3v) is 5.88. The van der Waals surface area contributed by atoms with Gasteiger partial charge in [0.05, 0.1) is 29.9 Å². The van der Waals surface area contributed by atoms with Crippen LogP contribution in [-0.2, 0) is 18.0 Å². The Balaban J connectivity index is 1.48. The molecule has 0 radical (unpaired) electrons. The molecule has 2 aromatic heterocycles. The van der Waals surface area contributed by atoms with Crippen LogP contribution in [-0.4, -0.2) is 15.5 Å². The summed E-state index contributed by atoms with van der Waals surface area (Å²) in [6.07, 6.45) is 1.52. The second kappa shape index (κ2) is 9.21. The number of carbonyl (C=O) groups excluding carboxylic acids is 1. The van der Waals surface area contributed by atoms with Gasteiger partial charge < -0.3 is 4.57 Å². The number of para-hydroxylation sites is 1. The zero-order chi connectivity index (χ0) is 23.7. The minimum Gasteiger partial charge on any atom is -0.334 e. The van der Waals surface area contributed by atoms with Gasteiger partial charge in [-0.15, -0.1) is 0 Å². The lowest BCUT2D eigenvalue weighted by Crippen LogP contribution is -2.24. The van der Waals surface area contributed by atoms with Crippen LogP contribution in [0.3, 0.4) is 0 Å². The number of hydroxylamine groups is 1. The summed E-state index contributed by atoms with van der Waals surface area (Å²) in [4.78, 5) is 22.2. The lowest BCUT2D eigenvalue weighted by atomic mass is 10.1. The van der Waals surface area contributed by atoms with Gasteiger partial charge in [-0.25, -0.2) is 19.2 Å². The molecular weight excluding hydrogens is 460 g/mol. The van der Waals surface area contributed by atoms with Gasteiger partial charge in [0.1, 0.15) is 17.3 Å². The maximum Gasteiger partial charge on any atom is 0.293 e. The molecule has 0 aliphatic rings. The van der Waals surface area contributed by atoms with Crippen molar-refractivity contribution in [1.29, 1.82) is 0 Å². The predicted octanol–water partition coefficient (Wildman–Crippen LogP) is 6.03. The van der Waals surface area contributed by atoms with Crippen LogP contribution < -0.4 is 5.48 Å². The van der Waals surface area contributed by atoms with Crippen LogP contribution in [0.25, 0.3) is 21.8 Å². The first-order valence-corrected chi connectivity index (χ1v) is 10.9. The number of amides is 1. The molecule has 0 saturated heterocycles. The van der Waals surface area contributed by atoms with E-state index in [1.807, 2.05) is 54.6 Å². The number of pyridine rings is 1. The van der Waals surface area contributed by atoms with Crippen LogP contribution in [0.2, 0.25) is 5.02 Å². The summed E-state index contributed by atoms with van der Waals surface area (Å²) >= 11 is 5.88. The summed E-state index contributed by atoms with van der Waals surface area (Å²) in [7, 11) is 0. The van der Waals surface area contributed by atoms with Gasteiger partial charge in [0.25, 0.3) is 5.91 Å². The van der Waals surface area contributed by atoms with E-state index in [-0.39, 0.29) is 29.4 Å². The van der Waals surface area contributed by atoms with E-state index >= 15 is 0 Å². The monoisotopic (exact) mass is 477 g/mol. The number of hydrogen-bond donors (Lipinski definition) is 1. The summed E-state index contributed by atoms with van der Waals surface area (Å²) in [5.41, 5.74) is 4.70. The van der Waals surface area contributed by atoms with Gasteiger partial charge in [0.15, 0.2) is 0 Å². The third kappa shape index (κ3) is 4.11. The molecule has 2 heterocycles. The first kappa shape index (κ1) is 22.0. The predicted molar refractivity (Wildman–Crippen MR) is 126 cm³/mol. The van der Waals surface area contributed by atoms with E-state index in [9.17, 15) is 13.6 Å². The number of hydrogen-bond acceptors (Lipinski definition) is 3. The van der Waals surface area contributed by atoms with Crippen molar-refractivity contribution in [2.75, 3.05) is 0 Å². The molecule has 0 unspecified atom stereocenters. The number of fused-ring (bicyclic) bond motifs is 3. The smallest absolute Gasteiger partial charge is 0.293 e. The van der Waals surface area contributed by atoms with E-state index in [0.717, 1.165) is 27.9 Å². The van der Waals surface area contributed by atoms with Crippen molar-refractivity contribution in [1.82, 2.24) is 15.0 Å². The first-order chi connectivity index (χ1) is 16.5. The number of rotatable bonds is 6. The van der Waals surface area contributed by atoms with E-state index in [1.165, 1.54) is 12.3 Å². The van der Waals surface area contributed by atoms with Crippen molar-refractivity contribution in [3.8, 4) is 0 Å². The summed E-state index contributed by atoms with van der Waals surface area (Å²) in [5.74, 6) is -1.99. The molecular formula is C26H18ClF2N3O2. The second-order valence-electron chi connectivity index (χ2n) is 7.72. The van der Waals surface area contributed by atoms with Crippen molar-refractivity contribution < 1.29 is 18.4 Å². The summed E-state index contributed by atoms with van der Waals surface area (Å²) in [5, 5.41) is 1.40. The topological polar surface area (TPSA) is 56.1 Å². The average molecular weight is 478 g/mol. The van der Waals surface area contributed by atoms with Gasteiger partial charge >= 0.3 is 0 Å². The SMILES string of the molecule is O=C(NOCc1ccccc1)c1cc2c3ccccc3n(Cc3c(F)ccc(Cl)c3F)c2cn1. The minimum atomic E-state index is -0.799. The maximum atomic E-state index is 14.6. The Hall–Kier alpha value is -3.81. The van der Waals surface area contributed by atoms with E-state index in [4.69, 9.17) is 16.4 Å². The fraction of sp³-hybridized carbons (Fsp3) is 0.0769. The van der Waals surface area contributed by atoms with Crippen LogP contribution in [0.15, 0.2) is 79.0 Å². The summed E-state index contributed by atoms with van der Waals surface area (Å²) < 4.78 is 30.8. The van der Waals surface area contributed by atoms with Gasteiger partial charge in [0, 0.05) is 21.9 Å².